The van der Waals surface area contributed by atoms with Gasteiger partial charge in [-0.25, -0.2) is 4.98 Å². The average Bonchev–Trinajstić information content (AvgIpc) is 2.73. The summed E-state index contributed by atoms with van der Waals surface area (Å²) in [5.74, 6) is 1.92. The Morgan fingerprint density at radius 3 is 2.55 bits per heavy atom. The predicted molar refractivity (Wildman–Crippen MR) is 114 cm³/mol. The lowest BCUT2D eigenvalue weighted by molar-refractivity contribution is 0.0951. The fraction of sp³-hybridized carbons (Fsp3) is 0.217. The second-order valence-electron chi connectivity index (χ2n) is 6.75. The molecule has 1 amide bonds. The second-order valence-corrected chi connectivity index (χ2v) is 6.75. The van der Waals surface area contributed by atoms with E-state index in [-0.39, 0.29) is 12.0 Å². The molecule has 1 aromatic heterocycles. The Morgan fingerprint density at radius 2 is 1.83 bits per heavy atom. The van der Waals surface area contributed by atoms with Crippen LogP contribution in [0.3, 0.4) is 0 Å². The maximum Gasteiger partial charge on any atom is 0.251 e. The molecule has 6 heteroatoms. The van der Waals surface area contributed by atoms with Gasteiger partial charge < -0.3 is 20.1 Å². The van der Waals surface area contributed by atoms with Crippen molar-refractivity contribution in [2.24, 2.45) is 0 Å². The van der Waals surface area contributed by atoms with Crippen LogP contribution in [0.4, 0.5) is 11.5 Å². The van der Waals surface area contributed by atoms with E-state index in [0.717, 1.165) is 22.7 Å². The number of methoxy groups -OCH3 is 1. The standard InChI is InChI=1S/C23H25N3O3/c1-16(2)29-21-7-5-4-6-20(21)26-22-14-18(12-13-24-22)23(27)25-15-17-8-10-19(28-3)11-9-17/h4-14,16H,15H2,1-3H3,(H,24,26)(H,25,27). The molecule has 0 aliphatic heterocycles. The Balaban J connectivity index is 1.66. The van der Waals surface area contributed by atoms with E-state index < -0.39 is 0 Å². The molecule has 0 bridgehead atoms. The van der Waals surface area contributed by atoms with E-state index in [1.807, 2.05) is 62.4 Å². The van der Waals surface area contributed by atoms with Gasteiger partial charge >= 0.3 is 0 Å². The molecule has 0 saturated heterocycles. The summed E-state index contributed by atoms with van der Waals surface area (Å²) in [5, 5.41) is 6.15. The van der Waals surface area contributed by atoms with Gasteiger partial charge in [-0.3, -0.25) is 4.79 Å². The third-order valence-electron chi connectivity index (χ3n) is 4.15. The maximum absolute atomic E-state index is 12.5. The highest BCUT2D eigenvalue weighted by molar-refractivity contribution is 5.94. The topological polar surface area (TPSA) is 72.5 Å². The first-order valence-corrected chi connectivity index (χ1v) is 9.45. The van der Waals surface area contributed by atoms with E-state index in [1.165, 1.54) is 0 Å². The summed E-state index contributed by atoms with van der Waals surface area (Å²) in [7, 11) is 1.62. The lowest BCUT2D eigenvalue weighted by Gasteiger charge is -2.15. The highest BCUT2D eigenvalue weighted by Crippen LogP contribution is 2.27. The molecule has 3 aromatic rings. The molecule has 0 saturated carbocycles. The van der Waals surface area contributed by atoms with E-state index in [2.05, 4.69) is 15.6 Å². The van der Waals surface area contributed by atoms with Gasteiger partial charge in [0, 0.05) is 18.3 Å². The average molecular weight is 391 g/mol. The number of aromatic nitrogens is 1. The van der Waals surface area contributed by atoms with E-state index in [4.69, 9.17) is 9.47 Å². The smallest absolute Gasteiger partial charge is 0.251 e. The van der Waals surface area contributed by atoms with Crippen LogP contribution >= 0.6 is 0 Å². The van der Waals surface area contributed by atoms with Gasteiger partial charge in [0.1, 0.15) is 17.3 Å². The summed E-state index contributed by atoms with van der Waals surface area (Å²) in [6.07, 6.45) is 1.66. The second kappa shape index (κ2) is 9.59. The number of hydrogen-bond donors (Lipinski definition) is 2. The van der Waals surface area contributed by atoms with Crippen LogP contribution in [0.25, 0.3) is 0 Å². The number of rotatable bonds is 8. The van der Waals surface area contributed by atoms with Crippen LogP contribution in [0.2, 0.25) is 0 Å². The van der Waals surface area contributed by atoms with Crippen molar-refractivity contribution in [2.75, 3.05) is 12.4 Å². The van der Waals surface area contributed by atoms with Crippen LogP contribution in [-0.4, -0.2) is 24.1 Å². The molecule has 2 N–H and O–H groups in total. The molecule has 0 spiro atoms. The van der Waals surface area contributed by atoms with Gasteiger partial charge in [-0.1, -0.05) is 24.3 Å². The number of nitrogens with zero attached hydrogens (tertiary/aromatic N) is 1. The quantitative estimate of drug-likeness (QED) is 0.589. The number of benzene rings is 2. The van der Waals surface area contributed by atoms with Crippen LogP contribution in [0, 0.1) is 0 Å². The molecular formula is C23H25N3O3. The molecule has 0 aliphatic carbocycles. The molecule has 3 rings (SSSR count). The molecule has 150 valence electrons. The number of anilines is 2. The molecule has 6 nitrogen and oxygen atoms in total. The molecule has 0 radical (unpaired) electrons. The summed E-state index contributed by atoms with van der Waals surface area (Å²) in [4.78, 5) is 16.9. The van der Waals surface area contributed by atoms with Crippen LogP contribution in [0.1, 0.15) is 29.8 Å². The summed E-state index contributed by atoms with van der Waals surface area (Å²) in [6.45, 7) is 4.38. The molecule has 2 aromatic carbocycles. The monoisotopic (exact) mass is 391 g/mol. The molecular weight excluding hydrogens is 366 g/mol. The van der Waals surface area contributed by atoms with E-state index in [9.17, 15) is 4.79 Å². The molecule has 0 fully saturated rings. The van der Waals surface area contributed by atoms with Crippen LogP contribution in [0.15, 0.2) is 66.9 Å². The number of carbonyl (C=O) groups excluding carboxylic acids is 1. The first kappa shape index (κ1) is 20.2. The minimum absolute atomic E-state index is 0.0565. The third kappa shape index (κ3) is 5.72. The van der Waals surface area contributed by atoms with Crippen molar-refractivity contribution in [1.82, 2.24) is 10.3 Å². The molecule has 29 heavy (non-hydrogen) atoms. The fourth-order valence-corrected chi connectivity index (χ4v) is 2.73. The largest absolute Gasteiger partial charge is 0.497 e. The molecule has 0 atom stereocenters. The fourth-order valence-electron chi connectivity index (χ4n) is 2.73. The first-order chi connectivity index (χ1) is 14.0. The van der Waals surface area contributed by atoms with Gasteiger partial charge in [-0.15, -0.1) is 0 Å². The van der Waals surface area contributed by atoms with Gasteiger partial charge in [0.15, 0.2) is 0 Å². The zero-order chi connectivity index (χ0) is 20.6. The molecule has 0 unspecified atom stereocenters. The Kier molecular flexibility index (Phi) is 6.68. The van der Waals surface area contributed by atoms with E-state index in [0.29, 0.717) is 17.9 Å². The van der Waals surface area contributed by atoms with E-state index in [1.54, 1.807) is 25.4 Å². The number of para-hydroxylation sites is 2. The normalized spacial score (nSPS) is 10.5. The molecule has 1 heterocycles. The van der Waals surface area contributed by atoms with Crippen molar-refractivity contribution in [2.45, 2.75) is 26.5 Å². The zero-order valence-corrected chi connectivity index (χ0v) is 16.8. The summed E-state index contributed by atoms with van der Waals surface area (Å²) in [6, 6.07) is 18.6. The van der Waals surface area contributed by atoms with Crippen molar-refractivity contribution in [3.05, 3.63) is 78.0 Å². The van der Waals surface area contributed by atoms with Gasteiger partial charge in [-0.05, 0) is 55.8 Å². The first-order valence-electron chi connectivity index (χ1n) is 9.45. The summed E-state index contributed by atoms with van der Waals surface area (Å²) in [5.41, 5.74) is 2.31. The van der Waals surface area contributed by atoms with Gasteiger partial charge in [0.05, 0.1) is 18.9 Å². The molecule has 0 aliphatic rings. The highest BCUT2D eigenvalue weighted by Gasteiger charge is 2.10. The maximum atomic E-state index is 12.5. The number of hydrogen-bond acceptors (Lipinski definition) is 5. The van der Waals surface area contributed by atoms with Crippen LogP contribution in [-0.2, 0) is 6.54 Å². The highest BCUT2D eigenvalue weighted by atomic mass is 16.5. The SMILES string of the molecule is COc1ccc(CNC(=O)c2ccnc(Nc3ccccc3OC(C)C)c2)cc1. The van der Waals surface area contributed by atoms with E-state index >= 15 is 0 Å². The predicted octanol–water partition coefficient (Wildman–Crippen LogP) is 4.55. The van der Waals surface area contributed by atoms with Gasteiger partial charge in [0.2, 0.25) is 0 Å². The Labute approximate surface area is 170 Å². The Bertz CT molecular complexity index is 956. The third-order valence-corrected chi connectivity index (χ3v) is 4.15. The zero-order valence-electron chi connectivity index (χ0n) is 16.8. The number of carbonyl (C=O) groups is 1. The van der Waals surface area contributed by atoms with Crippen molar-refractivity contribution < 1.29 is 14.3 Å². The van der Waals surface area contributed by atoms with Crippen molar-refractivity contribution in [1.29, 1.82) is 0 Å². The Morgan fingerprint density at radius 1 is 1.07 bits per heavy atom. The van der Waals surface area contributed by atoms with Gasteiger partial charge in [0.25, 0.3) is 5.91 Å². The van der Waals surface area contributed by atoms with Crippen molar-refractivity contribution >= 4 is 17.4 Å². The Hall–Kier alpha value is -3.54. The van der Waals surface area contributed by atoms with Crippen LogP contribution < -0.4 is 20.1 Å². The van der Waals surface area contributed by atoms with Crippen LogP contribution in [0.5, 0.6) is 11.5 Å². The minimum Gasteiger partial charge on any atom is -0.497 e. The lowest BCUT2D eigenvalue weighted by Crippen LogP contribution is -2.22. The number of nitrogens with one attached hydrogen (secondary N) is 2. The summed E-state index contributed by atoms with van der Waals surface area (Å²) < 4.78 is 11.0. The lowest BCUT2D eigenvalue weighted by atomic mass is 10.2. The number of ether oxygens (including phenoxy) is 2. The minimum atomic E-state index is -0.169. The summed E-state index contributed by atoms with van der Waals surface area (Å²) >= 11 is 0. The van der Waals surface area contributed by atoms with Crippen molar-refractivity contribution in [3.8, 4) is 11.5 Å². The van der Waals surface area contributed by atoms with Crippen molar-refractivity contribution in [3.63, 3.8) is 0 Å². The number of pyridine rings is 1. The number of amides is 1. The van der Waals surface area contributed by atoms with Gasteiger partial charge in [-0.2, -0.15) is 0 Å².